The molecule has 0 saturated carbocycles. The van der Waals surface area contributed by atoms with Crippen LogP contribution in [0.5, 0.6) is 0 Å². The number of benzene rings is 3. The quantitative estimate of drug-likeness (QED) is 0.517. The highest BCUT2D eigenvalue weighted by Crippen LogP contribution is 2.31. The topological polar surface area (TPSA) is 92.6 Å². The second-order valence-electron chi connectivity index (χ2n) is 7.03. The summed E-state index contributed by atoms with van der Waals surface area (Å²) < 4.78 is 0. The first-order valence-electron chi connectivity index (χ1n) is 9.58. The van der Waals surface area contributed by atoms with Crippen LogP contribution in [0.15, 0.2) is 72.8 Å². The smallest absolute Gasteiger partial charge is 0.269 e. The van der Waals surface area contributed by atoms with E-state index < -0.39 is 4.92 Å². The van der Waals surface area contributed by atoms with E-state index in [1.54, 1.807) is 29.2 Å². The van der Waals surface area contributed by atoms with Crippen molar-refractivity contribution in [2.75, 3.05) is 16.8 Å². The Morgan fingerprint density at radius 1 is 0.933 bits per heavy atom. The highest BCUT2D eigenvalue weighted by molar-refractivity contribution is 6.08. The number of amides is 2. The summed E-state index contributed by atoms with van der Waals surface area (Å²) in [5.41, 5.74) is 3.26. The van der Waals surface area contributed by atoms with E-state index in [4.69, 9.17) is 0 Å². The summed E-state index contributed by atoms with van der Waals surface area (Å²) in [7, 11) is 0. The van der Waals surface area contributed by atoms with Gasteiger partial charge in [0.1, 0.15) is 0 Å². The van der Waals surface area contributed by atoms with Crippen LogP contribution in [-0.2, 0) is 6.42 Å². The number of rotatable bonds is 4. The lowest BCUT2D eigenvalue weighted by atomic mass is 10.00. The second kappa shape index (κ2) is 8.16. The lowest BCUT2D eigenvalue weighted by Gasteiger charge is -2.30. The van der Waals surface area contributed by atoms with E-state index in [1.807, 2.05) is 24.3 Å². The Morgan fingerprint density at radius 3 is 2.37 bits per heavy atom. The van der Waals surface area contributed by atoms with Crippen molar-refractivity contribution in [3.63, 3.8) is 0 Å². The summed E-state index contributed by atoms with van der Waals surface area (Å²) in [5, 5.41) is 13.6. The molecule has 0 bridgehead atoms. The molecule has 150 valence electrons. The molecule has 3 aromatic carbocycles. The fourth-order valence-electron chi connectivity index (χ4n) is 3.54. The van der Waals surface area contributed by atoms with Crippen LogP contribution in [0.4, 0.5) is 17.1 Å². The lowest BCUT2D eigenvalue weighted by molar-refractivity contribution is -0.384. The van der Waals surface area contributed by atoms with Gasteiger partial charge in [-0.05, 0) is 54.8 Å². The van der Waals surface area contributed by atoms with E-state index in [0.717, 1.165) is 24.1 Å². The number of hydrogen-bond acceptors (Lipinski definition) is 4. The largest absolute Gasteiger partial charge is 0.322 e. The number of nitro groups is 1. The number of carbonyl (C=O) groups excluding carboxylic acids is 2. The van der Waals surface area contributed by atoms with Crippen molar-refractivity contribution in [1.29, 1.82) is 0 Å². The minimum absolute atomic E-state index is 0.0737. The Hall–Kier alpha value is -4.00. The van der Waals surface area contributed by atoms with Gasteiger partial charge in [0.2, 0.25) is 0 Å². The van der Waals surface area contributed by atoms with Crippen molar-refractivity contribution in [1.82, 2.24) is 0 Å². The van der Waals surface area contributed by atoms with Gasteiger partial charge in [-0.2, -0.15) is 0 Å². The van der Waals surface area contributed by atoms with Crippen molar-refractivity contribution >= 4 is 28.9 Å². The molecule has 0 aromatic heterocycles. The van der Waals surface area contributed by atoms with Gasteiger partial charge in [0.15, 0.2) is 0 Å². The number of nitrogens with zero attached hydrogens (tertiary/aromatic N) is 2. The predicted octanol–water partition coefficient (Wildman–Crippen LogP) is 4.44. The first kappa shape index (κ1) is 19.3. The Kier molecular flexibility index (Phi) is 5.26. The average Bonchev–Trinajstić information content (AvgIpc) is 2.78. The van der Waals surface area contributed by atoms with Crippen molar-refractivity contribution in [3.05, 3.63) is 99.6 Å². The van der Waals surface area contributed by atoms with Gasteiger partial charge in [0.05, 0.1) is 4.92 Å². The monoisotopic (exact) mass is 401 g/mol. The first-order valence-corrected chi connectivity index (χ1v) is 9.58. The zero-order valence-electron chi connectivity index (χ0n) is 16.1. The first-order chi connectivity index (χ1) is 14.5. The highest BCUT2D eigenvalue weighted by atomic mass is 16.6. The number of hydrogen-bond donors (Lipinski definition) is 1. The van der Waals surface area contributed by atoms with Gasteiger partial charge >= 0.3 is 0 Å². The molecule has 0 spiro atoms. The molecular formula is C23H19N3O4. The second-order valence-corrected chi connectivity index (χ2v) is 7.03. The molecule has 30 heavy (non-hydrogen) atoms. The summed E-state index contributed by atoms with van der Waals surface area (Å²) >= 11 is 0. The zero-order valence-corrected chi connectivity index (χ0v) is 16.1. The highest BCUT2D eigenvalue weighted by Gasteiger charge is 2.24. The predicted molar refractivity (Wildman–Crippen MR) is 114 cm³/mol. The number of non-ortho nitro benzene ring substituents is 1. The Labute approximate surface area is 173 Å². The molecule has 1 aliphatic heterocycles. The third-order valence-corrected chi connectivity index (χ3v) is 5.07. The van der Waals surface area contributed by atoms with Gasteiger partial charge in [0, 0.05) is 41.2 Å². The SMILES string of the molecule is O=C(Nc1ccc2c(c1)N(C(=O)c1ccccc1)CCC2)c1ccc([N+](=O)[O-])cc1. The number of nitrogens with one attached hydrogen (secondary N) is 1. The van der Waals surface area contributed by atoms with Crippen LogP contribution in [0.25, 0.3) is 0 Å². The van der Waals surface area contributed by atoms with E-state index >= 15 is 0 Å². The molecule has 0 saturated heterocycles. The molecule has 7 nitrogen and oxygen atoms in total. The van der Waals surface area contributed by atoms with Gasteiger partial charge in [-0.3, -0.25) is 19.7 Å². The summed E-state index contributed by atoms with van der Waals surface area (Å²) in [6.45, 7) is 0.612. The molecule has 3 aromatic rings. The number of aryl methyl sites for hydroxylation is 1. The maximum Gasteiger partial charge on any atom is 0.269 e. The lowest BCUT2D eigenvalue weighted by Crippen LogP contribution is -2.35. The van der Waals surface area contributed by atoms with Gasteiger partial charge in [-0.15, -0.1) is 0 Å². The van der Waals surface area contributed by atoms with E-state index in [2.05, 4.69) is 5.32 Å². The van der Waals surface area contributed by atoms with Crippen molar-refractivity contribution < 1.29 is 14.5 Å². The molecule has 0 atom stereocenters. The molecule has 0 radical (unpaired) electrons. The molecule has 0 fully saturated rings. The van der Waals surface area contributed by atoms with Crippen LogP contribution in [0.3, 0.4) is 0 Å². The van der Waals surface area contributed by atoms with Crippen LogP contribution >= 0.6 is 0 Å². The van der Waals surface area contributed by atoms with Crippen LogP contribution < -0.4 is 10.2 Å². The molecular weight excluding hydrogens is 382 g/mol. The van der Waals surface area contributed by atoms with E-state index in [0.29, 0.717) is 23.4 Å². The molecule has 1 aliphatic rings. The number of anilines is 2. The normalized spacial score (nSPS) is 12.7. The van der Waals surface area contributed by atoms with Crippen molar-refractivity contribution in [3.8, 4) is 0 Å². The Morgan fingerprint density at radius 2 is 1.67 bits per heavy atom. The molecule has 0 unspecified atom stereocenters. The Bertz CT molecular complexity index is 1110. The fraction of sp³-hybridized carbons (Fsp3) is 0.130. The minimum Gasteiger partial charge on any atom is -0.322 e. The standard InChI is InChI=1S/C23H19N3O4/c27-22(17-9-12-20(13-10-17)26(29)30)24-19-11-8-16-7-4-14-25(21(16)15-19)23(28)18-5-2-1-3-6-18/h1-3,5-6,8-13,15H,4,7,14H2,(H,24,27). The number of nitro benzene ring substituents is 1. The molecule has 1 N–H and O–H groups in total. The summed E-state index contributed by atoms with van der Waals surface area (Å²) in [5.74, 6) is -0.447. The molecule has 2 amide bonds. The molecule has 0 aliphatic carbocycles. The molecule has 1 heterocycles. The van der Waals surface area contributed by atoms with Crippen LogP contribution in [0.1, 0.15) is 32.7 Å². The minimum atomic E-state index is -0.510. The third kappa shape index (κ3) is 3.91. The summed E-state index contributed by atoms with van der Waals surface area (Å²) in [4.78, 5) is 37.5. The van der Waals surface area contributed by atoms with Crippen molar-refractivity contribution in [2.24, 2.45) is 0 Å². The average molecular weight is 401 g/mol. The fourth-order valence-corrected chi connectivity index (χ4v) is 3.54. The van der Waals surface area contributed by atoms with E-state index in [1.165, 1.54) is 24.3 Å². The summed E-state index contributed by atoms with van der Waals surface area (Å²) in [6, 6.07) is 20.1. The third-order valence-electron chi connectivity index (χ3n) is 5.07. The maximum atomic E-state index is 13.0. The van der Waals surface area contributed by atoms with Gasteiger partial charge in [-0.25, -0.2) is 0 Å². The molecule has 7 heteroatoms. The van der Waals surface area contributed by atoms with Crippen LogP contribution in [-0.4, -0.2) is 23.3 Å². The van der Waals surface area contributed by atoms with E-state index in [-0.39, 0.29) is 17.5 Å². The van der Waals surface area contributed by atoms with E-state index in [9.17, 15) is 19.7 Å². The Balaban J connectivity index is 1.57. The van der Waals surface area contributed by atoms with Crippen LogP contribution in [0, 0.1) is 10.1 Å². The van der Waals surface area contributed by atoms with Crippen molar-refractivity contribution in [2.45, 2.75) is 12.8 Å². The van der Waals surface area contributed by atoms with Gasteiger partial charge < -0.3 is 10.2 Å². The number of fused-ring (bicyclic) bond motifs is 1. The van der Waals surface area contributed by atoms with Gasteiger partial charge in [0.25, 0.3) is 17.5 Å². The van der Waals surface area contributed by atoms with Crippen LogP contribution in [0.2, 0.25) is 0 Å². The molecule has 4 rings (SSSR count). The van der Waals surface area contributed by atoms with Gasteiger partial charge in [-0.1, -0.05) is 24.3 Å². The maximum absolute atomic E-state index is 13.0. The summed E-state index contributed by atoms with van der Waals surface area (Å²) in [6.07, 6.45) is 1.74. The zero-order chi connectivity index (χ0) is 21.1. The number of carbonyl (C=O) groups is 2.